The SMILES string of the molecule is CN1CCC(N(C)C(=O)C#N)C1. The Labute approximate surface area is 72.4 Å². The molecule has 1 fully saturated rings. The number of carbonyl (C=O) groups is 1. The second-order valence-corrected chi connectivity index (χ2v) is 3.23. The fraction of sp³-hybridized carbons (Fsp3) is 0.750. The van der Waals surface area contributed by atoms with E-state index in [-0.39, 0.29) is 6.04 Å². The van der Waals surface area contributed by atoms with Gasteiger partial charge in [0.05, 0.1) is 0 Å². The molecule has 0 radical (unpaired) electrons. The van der Waals surface area contributed by atoms with E-state index in [1.165, 1.54) is 4.90 Å². The Kier molecular flexibility index (Phi) is 2.66. The third kappa shape index (κ3) is 1.74. The van der Waals surface area contributed by atoms with Crippen molar-refractivity contribution in [2.75, 3.05) is 27.2 Å². The molecule has 0 aromatic heterocycles. The van der Waals surface area contributed by atoms with Gasteiger partial charge in [0.15, 0.2) is 6.07 Å². The molecule has 1 aliphatic heterocycles. The molecule has 0 saturated carbocycles. The van der Waals surface area contributed by atoms with E-state index in [1.54, 1.807) is 13.1 Å². The molecule has 1 saturated heterocycles. The van der Waals surface area contributed by atoms with E-state index in [9.17, 15) is 4.79 Å². The number of carbonyl (C=O) groups excluding carboxylic acids is 1. The summed E-state index contributed by atoms with van der Waals surface area (Å²) < 4.78 is 0. The first-order valence-corrected chi connectivity index (χ1v) is 4.00. The summed E-state index contributed by atoms with van der Waals surface area (Å²) in [5.41, 5.74) is 0. The Balaban J connectivity index is 2.49. The Hall–Kier alpha value is -1.08. The molecular weight excluding hydrogens is 154 g/mol. The third-order valence-corrected chi connectivity index (χ3v) is 2.33. The molecule has 0 aromatic rings. The van der Waals surface area contributed by atoms with Crippen LogP contribution in [0.15, 0.2) is 0 Å². The average molecular weight is 167 g/mol. The molecular formula is C8H13N3O. The summed E-state index contributed by atoms with van der Waals surface area (Å²) in [6, 6.07) is 1.85. The van der Waals surface area contributed by atoms with Gasteiger partial charge in [0, 0.05) is 19.6 Å². The van der Waals surface area contributed by atoms with Gasteiger partial charge in [-0.05, 0) is 20.0 Å². The summed E-state index contributed by atoms with van der Waals surface area (Å²) in [5.74, 6) is -0.435. The minimum absolute atomic E-state index is 0.224. The minimum Gasteiger partial charge on any atom is -0.329 e. The van der Waals surface area contributed by atoms with Crippen LogP contribution in [0.25, 0.3) is 0 Å². The third-order valence-electron chi connectivity index (χ3n) is 2.33. The first kappa shape index (κ1) is 9.01. The van der Waals surface area contributed by atoms with Gasteiger partial charge in [-0.15, -0.1) is 0 Å². The zero-order valence-electron chi connectivity index (χ0n) is 7.45. The predicted octanol–water partition coefficient (Wildman–Crippen LogP) is -0.328. The number of nitrogens with zero attached hydrogens (tertiary/aromatic N) is 3. The molecule has 1 aliphatic rings. The molecule has 0 aliphatic carbocycles. The lowest BCUT2D eigenvalue weighted by molar-refractivity contribution is -0.125. The van der Waals surface area contributed by atoms with Crippen LogP contribution in [-0.2, 0) is 4.79 Å². The summed E-state index contributed by atoms with van der Waals surface area (Å²) in [4.78, 5) is 14.6. The zero-order valence-corrected chi connectivity index (χ0v) is 7.45. The number of amides is 1. The van der Waals surface area contributed by atoms with Crippen LogP contribution in [0.1, 0.15) is 6.42 Å². The van der Waals surface area contributed by atoms with E-state index in [2.05, 4.69) is 4.90 Å². The zero-order chi connectivity index (χ0) is 9.14. The largest absolute Gasteiger partial charge is 0.329 e. The smallest absolute Gasteiger partial charge is 0.324 e. The number of likely N-dealkylation sites (N-methyl/N-ethyl adjacent to an activating group) is 2. The molecule has 0 bridgehead atoms. The lowest BCUT2D eigenvalue weighted by atomic mass is 10.2. The normalized spacial score (nSPS) is 23.6. The summed E-state index contributed by atoms with van der Waals surface area (Å²) >= 11 is 0. The quantitative estimate of drug-likeness (QED) is 0.502. The fourth-order valence-electron chi connectivity index (χ4n) is 1.47. The maximum Gasteiger partial charge on any atom is 0.324 e. The van der Waals surface area contributed by atoms with Crippen molar-refractivity contribution in [3.05, 3.63) is 0 Å². The fourth-order valence-corrected chi connectivity index (χ4v) is 1.47. The maximum atomic E-state index is 11.0. The number of hydrogen-bond acceptors (Lipinski definition) is 3. The Morgan fingerprint density at radius 2 is 2.42 bits per heavy atom. The van der Waals surface area contributed by atoms with Gasteiger partial charge >= 0.3 is 5.91 Å². The van der Waals surface area contributed by atoms with Crippen LogP contribution in [0.5, 0.6) is 0 Å². The van der Waals surface area contributed by atoms with E-state index >= 15 is 0 Å². The van der Waals surface area contributed by atoms with Crippen LogP contribution in [0, 0.1) is 11.3 Å². The number of hydrogen-bond donors (Lipinski definition) is 0. The number of rotatable bonds is 1. The van der Waals surface area contributed by atoms with E-state index in [0.29, 0.717) is 0 Å². The molecule has 0 spiro atoms. The highest BCUT2D eigenvalue weighted by atomic mass is 16.2. The molecule has 1 atom stereocenters. The molecule has 12 heavy (non-hydrogen) atoms. The topological polar surface area (TPSA) is 47.3 Å². The van der Waals surface area contributed by atoms with Crippen molar-refractivity contribution < 1.29 is 4.79 Å². The molecule has 1 amide bonds. The molecule has 66 valence electrons. The van der Waals surface area contributed by atoms with E-state index in [1.807, 2.05) is 7.05 Å². The molecule has 0 aromatic carbocycles. The van der Waals surface area contributed by atoms with Crippen LogP contribution >= 0.6 is 0 Å². The van der Waals surface area contributed by atoms with Crippen molar-refractivity contribution in [3.63, 3.8) is 0 Å². The summed E-state index contributed by atoms with van der Waals surface area (Å²) in [6.45, 7) is 1.89. The molecule has 1 rings (SSSR count). The molecule has 1 heterocycles. The monoisotopic (exact) mass is 167 g/mol. The van der Waals surface area contributed by atoms with Gasteiger partial charge in [-0.1, -0.05) is 0 Å². The van der Waals surface area contributed by atoms with E-state index in [4.69, 9.17) is 5.26 Å². The van der Waals surface area contributed by atoms with Crippen molar-refractivity contribution in [1.82, 2.24) is 9.80 Å². The van der Waals surface area contributed by atoms with Crippen LogP contribution in [0.4, 0.5) is 0 Å². The average Bonchev–Trinajstić information content (AvgIpc) is 2.49. The standard InChI is InChI=1S/C8H13N3O/c1-10-4-3-7(6-10)11(2)8(12)5-9/h7H,3-4,6H2,1-2H3. The first-order valence-electron chi connectivity index (χ1n) is 4.00. The lowest BCUT2D eigenvalue weighted by Crippen LogP contribution is -2.37. The van der Waals surface area contributed by atoms with Crippen LogP contribution < -0.4 is 0 Å². The Bertz CT molecular complexity index is 221. The van der Waals surface area contributed by atoms with Crippen LogP contribution in [-0.4, -0.2) is 48.9 Å². The van der Waals surface area contributed by atoms with Crippen molar-refractivity contribution in [1.29, 1.82) is 5.26 Å². The maximum absolute atomic E-state index is 11.0. The second kappa shape index (κ2) is 3.55. The van der Waals surface area contributed by atoms with Gasteiger partial charge < -0.3 is 9.80 Å². The van der Waals surface area contributed by atoms with Crippen LogP contribution in [0.3, 0.4) is 0 Å². The van der Waals surface area contributed by atoms with Gasteiger partial charge in [0.2, 0.25) is 0 Å². The molecule has 0 N–H and O–H groups in total. The summed E-state index contributed by atoms with van der Waals surface area (Å²) in [5, 5.41) is 8.38. The molecule has 4 nitrogen and oxygen atoms in total. The lowest BCUT2D eigenvalue weighted by Gasteiger charge is -2.20. The summed E-state index contributed by atoms with van der Waals surface area (Å²) in [7, 11) is 3.71. The van der Waals surface area contributed by atoms with Gasteiger partial charge in [-0.3, -0.25) is 4.79 Å². The molecule has 4 heteroatoms. The minimum atomic E-state index is -0.435. The Morgan fingerprint density at radius 3 is 2.83 bits per heavy atom. The van der Waals surface area contributed by atoms with Crippen molar-refractivity contribution in [2.24, 2.45) is 0 Å². The van der Waals surface area contributed by atoms with Gasteiger partial charge in [-0.25, -0.2) is 0 Å². The van der Waals surface area contributed by atoms with Gasteiger partial charge in [0.25, 0.3) is 0 Å². The van der Waals surface area contributed by atoms with Crippen molar-refractivity contribution in [2.45, 2.75) is 12.5 Å². The number of nitriles is 1. The van der Waals surface area contributed by atoms with Crippen molar-refractivity contribution in [3.8, 4) is 6.07 Å². The highest BCUT2D eigenvalue weighted by Gasteiger charge is 2.25. The van der Waals surface area contributed by atoms with Gasteiger partial charge in [0.1, 0.15) is 0 Å². The van der Waals surface area contributed by atoms with E-state index < -0.39 is 5.91 Å². The van der Waals surface area contributed by atoms with Crippen LogP contribution in [0.2, 0.25) is 0 Å². The highest BCUT2D eigenvalue weighted by molar-refractivity contribution is 5.91. The second-order valence-electron chi connectivity index (χ2n) is 3.23. The predicted molar refractivity (Wildman–Crippen MR) is 44.3 cm³/mol. The molecule has 1 unspecified atom stereocenters. The number of likely N-dealkylation sites (tertiary alicyclic amines) is 1. The summed E-state index contributed by atoms with van der Waals surface area (Å²) in [6.07, 6.45) is 0.973. The highest BCUT2D eigenvalue weighted by Crippen LogP contribution is 2.11. The van der Waals surface area contributed by atoms with Crippen molar-refractivity contribution >= 4 is 5.91 Å². The Morgan fingerprint density at radius 1 is 1.75 bits per heavy atom. The van der Waals surface area contributed by atoms with E-state index in [0.717, 1.165) is 19.5 Å². The van der Waals surface area contributed by atoms with Gasteiger partial charge in [-0.2, -0.15) is 5.26 Å². The first-order chi connectivity index (χ1) is 5.65.